The predicted octanol–water partition coefficient (Wildman–Crippen LogP) is 5.82. The highest BCUT2D eigenvalue weighted by Crippen LogP contribution is 2.44. The molecule has 176 valence electrons. The van der Waals surface area contributed by atoms with Crippen LogP contribution in [0.1, 0.15) is 33.0 Å². The molecule has 1 saturated heterocycles. The fourth-order valence-electron chi connectivity index (χ4n) is 5.08. The van der Waals surface area contributed by atoms with Crippen molar-refractivity contribution in [3.8, 4) is 11.1 Å². The lowest BCUT2D eigenvalue weighted by Crippen LogP contribution is -2.49. The van der Waals surface area contributed by atoms with Gasteiger partial charge in [-0.15, -0.1) is 0 Å². The van der Waals surface area contributed by atoms with Crippen LogP contribution in [0.4, 0.5) is 16.2 Å². The first-order chi connectivity index (χ1) is 17.1. The van der Waals surface area contributed by atoms with Crippen molar-refractivity contribution >= 4 is 23.8 Å². The molecule has 0 spiro atoms. The Balaban J connectivity index is 1.25. The fraction of sp³-hybridized carbons (Fsp3) is 0.259. The Hall–Kier alpha value is -4.29. The first kappa shape index (κ1) is 22.5. The SMILES string of the molecule is Cc1c(C=O)cc(N=[N+]=[N-])cc1N1CCN(C(=O)OCC2c3ccccc3-c3ccccc32)CC1. The van der Waals surface area contributed by atoms with Crippen molar-refractivity contribution in [1.29, 1.82) is 0 Å². The Kier molecular flexibility index (Phi) is 6.12. The molecule has 1 aliphatic carbocycles. The van der Waals surface area contributed by atoms with Crippen LogP contribution in [0.25, 0.3) is 21.6 Å². The molecule has 0 radical (unpaired) electrons. The zero-order chi connectivity index (χ0) is 24.4. The maximum absolute atomic E-state index is 12.9. The van der Waals surface area contributed by atoms with Gasteiger partial charge in [-0.05, 0) is 52.4 Å². The van der Waals surface area contributed by atoms with Gasteiger partial charge < -0.3 is 14.5 Å². The number of nitrogens with zero attached hydrogens (tertiary/aromatic N) is 5. The molecule has 3 aromatic rings. The van der Waals surface area contributed by atoms with Crippen LogP contribution in [-0.4, -0.2) is 50.1 Å². The van der Waals surface area contributed by atoms with E-state index in [-0.39, 0.29) is 12.0 Å². The number of amides is 1. The molecule has 1 heterocycles. The smallest absolute Gasteiger partial charge is 0.409 e. The van der Waals surface area contributed by atoms with Crippen LogP contribution in [0.5, 0.6) is 0 Å². The number of aldehydes is 1. The lowest BCUT2D eigenvalue weighted by Gasteiger charge is -2.36. The molecule has 0 atom stereocenters. The Morgan fingerprint density at radius 1 is 1.06 bits per heavy atom. The number of fused-ring (bicyclic) bond motifs is 3. The summed E-state index contributed by atoms with van der Waals surface area (Å²) >= 11 is 0. The molecule has 0 aromatic heterocycles. The number of hydrogen-bond donors (Lipinski definition) is 0. The van der Waals surface area contributed by atoms with Crippen LogP contribution in [-0.2, 0) is 4.74 Å². The number of hydrogen-bond acceptors (Lipinski definition) is 5. The molecule has 1 aliphatic heterocycles. The van der Waals surface area contributed by atoms with Crippen LogP contribution in [0, 0.1) is 6.92 Å². The van der Waals surface area contributed by atoms with Gasteiger partial charge in [0.1, 0.15) is 12.9 Å². The number of piperazine rings is 1. The molecule has 5 rings (SSSR count). The van der Waals surface area contributed by atoms with Crippen molar-refractivity contribution in [3.63, 3.8) is 0 Å². The molecule has 35 heavy (non-hydrogen) atoms. The summed E-state index contributed by atoms with van der Waals surface area (Å²) in [5.74, 6) is 0.0282. The molecule has 8 nitrogen and oxygen atoms in total. The molecule has 1 fully saturated rings. The van der Waals surface area contributed by atoms with Crippen molar-refractivity contribution in [2.24, 2.45) is 5.11 Å². The van der Waals surface area contributed by atoms with Crippen molar-refractivity contribution in [1.82, 2.24) is 4.90 Å². The quantitative estimate of drug-likeness (QED) is 0.204. The molecule has 0 saturated carbocycles. The minimum absolute atomic E-state index is 0.0282. The van der Waals surface area contributed by atoms with Gasteiger partial charge in [0.05, 0.1) is 0 Å². The molecular weight excluding hydrogens is 442 g/mol. The van der Waals surface area contributed by atoms with E-state index in [1.54, 1.807) is 17.0 Å². The third-order valence-electron chi connectivity index (χ3n) is 6.91. The van der Waals surface area contributed by atoms with E-state index >= 15 is 0 Å². The van der Waals surface area contributed by atoms with Gasteiger partial charge in [0.15, 0.2) is 0 Å². The van der Waals surface area contributed by atoms with Gasteiger partial charge in [-0.25, -0.2) is 4.79 Å². The lowest BCUT2D eigenvalue weighted by molar-refractivity contribution is 0.0976. The Bertz CT molecular complexity index is 1290. The van der Waals surface area contributed by atoms with Crippen molar-refractivity contribution in [2.45, 2.75) is 12.8 Å². The van der Waals surface area contributed by atoms with Crippen LogP contribution in [0.15, 0.2) is 65.8 Å². The highest BCUT2D eigenvalue weighted by Gasteiger charge is 2.30. The molecule has 2 aliphatic rings. The van der Waals surface area contributed by atoms with E-state index in [0.717, 1.165) is 17.5 Å². The van der Waals surface area contributed by atoms with Crippen LogP contribution in [0.3, 0.4) is 0 Å². The zero-order valence-electron chi connectivity index (χ0n) is 19.4. The van der Waals surface area contributed by atoms with Gasteiger partial charge in [-0.1, -0.05) is 53.6 Å². The second-order valence-corrected chi connectivity index (χ2v) is 8.76. The maximum atomic E-state index is 12.9. The number of benzene rings is 3. The highest BCUT2D eigenvalue weighted by molar-refractivity contribution is 5.83. The second kappa shape index (κ2) is 9.52. The van der Waals surface area contributed by atoms with E-state index in [2.05, 4.69) is 39.2 Å². The molecule has 0 bridgehead atoms. The topological polar surface area (TPSA) is 98.6 Å². The average molecular weight is 468 g/mol. The number of ether oxygens (including phenoxy) is 1. The molecule has 8 heteroatoms. The monoisotopic (exact) mass is 467 g/mol. The summed E-state index contributed by atoms with van der Waals surface area (Å²) < 4.78 is 5.80. The third kappa shape index (κ3) is 4.20. The zero-order valence-corrected chi connectivity index (χ0v) is 19.4. The lowest BCUT2D eigenvalue weighted by atomic mass is 9.98. The van der Waals surface area contributed by atoms with E-state index in [4.69, 9.17) is 10.3 Å². The highest BCUT2D eigenvalue weighted by atomic mass is 16.6. The van der Waals surface area contributed by atoms with Gasteiger partial charge in [0.2, 0.25) is 0 Å². The van der Waals surface area contributed by atoms with Crippen LogP contribution < -0.4 is 4.90 Å². The molecule has 3 aromatic carbocycles. The van der Waals surface area contributed by atoms with Crippen molar-refractivity contribution in [2.75, 3.05) is 37.7 Å². The van der Waals surface area contributed by atoms with Gasteiger partial charge >= 0.3 is 6.09 Å². The van der Waals surface area contributed by atoms with E-state index in [1.165, 1.54) is 22.3 Å². The second-order valence-electron chi connectivity index (χ2n) is 8.76. The van der Waals surface area contributed by atoms with E-state index in [9.17, 15) is 9.59 Å². The first-order valence-electron chi connectivity index (χ1n) is 11.6. The van der Waals surface area contributed by atoms with Crippen LogP contribution >= 0.6 is 0 Å². The first-order valence-corrected chi connectivity index (χ1v) is 11.6. The number of carbonyl (C=O) groups excluding carboxylic acids is 2. The number of azide groups is 1. The standard InChI is InChI=1S/C27H25N5O3/c1-18-19(16-33)14-20(29-30-28)15-26(18)31-10-12-32(13-11-31)27(34)35-17-25-23-8-4-2-6-21(23)22-7-3-5-9-24(22)25/h2-9,14-16,25H,10-13,17H2,1H3. The Morgan fingerprint density at radius 2 is 1.69 bits per heavy atom. The number of rotatable bonds is 5. The van der Waals surface area contributed by atoms with Crippen molar-refractivity contribution in [3.05, 3.63) is 93.4 Å². The summed E-state index contributed by atoms with van der Waals surface area (Å²) in [6.45, 7) is 4.34. The molecule has 0 N–H and O–H groups in total. The fourth-order valence-corrected chi connectivity index (χ4v) is 5.08. The summed E-state index contributed by atoms with van der Waals surface area (Å²) in [5, 5.41) is 3.66. The largest absolute Gasteiger partial charge is 0.448 e. The number of anilines is 1. The Labute approximate surface area is 203 Å². The van der Waals surface area contributed by atoms with Gasteiger partial charge in [0, 0.05) is 53.9 Å². The van der Waals surface area contributed by atoms with Crippen molar-refractivity contribution < 1.29 is 14.3 Å². The summed E-state index contributed by atoms with van der Waals surface area (Å²) in [7, 11) is 0. The summed E-state index contributed by atoms with van der Waals surface area (Å²) in [6, 6.07) is 19.9. The van der Waals surface area contributed by atoms with Gasteiger partial charge in [-0.3, -0.25) is 4.79 Å². The molecule has 0 unspecified atom stereocenters. The van der Waals surface area contributed by atoms with Crippen LogP contribution in [0.2, 0.25) is 0 Å². The van der Waals surface area contributed by atoms with E-state index in [1.807, 2.05) is 31.2 Å². The minimum atomic E-state index is -0.320. The third-order valence-corrected chi connectivity index (χ3v) is 6.91. The van der Waals surface area contributed by atoms with Gasteiger partial charge in [-0.2, -0.15) is 0 Å². The average Bonchev–Trinajstić information content (AvgIpc) is 3.22. The minimum Gasteiger partial charge on any atom is -0.448 e. The van der Waals surface area contributed by atoms with E-state index < -0.39 is 0 Å². The normalized spacial score (nSPS) is 14.7. The van der Waals surface area contributed by atoms with E-state index in [0.29, 0.717) is 44.0 Å². The Morgan fingerprint density at radius 3 is 2.29 bits per heavy atom. The summed E-state index contributed by atoms with van der Waals surface area (Å²) in [6.07, 6.45) is 0.446. The molecular formula is C27H25N5O3. The summed E-state index contributed by atoms with van der Waals surface area (Å²) in [4.78, 5) is 31.0. The maximum Gasteiger partial charge on any atom is 0.409 e. The number of carbonyl (C=O) groups is 2. The predicted molar refractivity (Wildman–Crippen MR) is 134 cm³/mol. The summed E-state index contributed by atoms with van der Waals surface area (Å²) in [5.41, 5.74) is 16.1. The van der Waals surface area contributed by atoms with Gasteiger partial charge in [0.25, 0.3) is 0 Å². The molecule has 1 amide bonds.